The van der Waals surface area contributed by atoms with Gasteiger partial charge in [-0.3, -0.25) is 4.98 Å². The van der Waals surface area contributed by atoms with Crippen molar-refractivity contribution in [2.45, 2.75) is 78.2 Å². The minimum absolute atomic E-state index is 0.0405. The van der Waals surface area contributed by atoms with Gasteiger partial charge in [0.25, 0.3) is 0 Å². The molecule has 5 rings (SSSR count). The third-order valence-corrected chi connectivity index (χ3v) is 8.67. The highest BCUT2D eigenvalue weighted by Gasteiger charge is 2.39. The van der Waals surface area contributed by atoms with E-state index in [0.29, 0.717) is 30.5 Å². The predicted octanol–water partition coefficient (Wildman–Crippen LogP) is 5.04. The van der Waals surface area contributed by atoms with Gasteiger partial charge in [-0.05, 0) is 63.5 Å². The van der Waals surface area contributed by atoms with E-state index in [9.17, 15) is 15.3 Å². The van der Waals surface area contributed by atoms with Crippen molar-refractivity contribution in [1.82, 2.24) is 19.9 Å². The van der Waals surface area contributed by atoms with Crippen LogP contribution in [0.2, 0.25) is 0 Å². The van der Waals surface area contributed by atoms with Crippen molar-refractivity contribution in [3.05, 3.63) is 59.0 Å². The van der Waals surface area contributed by atoms with Crippen molar-refractivity contribution >= 4 is 33.3 Å². The molecule has 9 nitrogen and oxygen atoms in total. The smallest absolute Gasteiger partial charge is 0.225 e. The standard InChI is InChI=1S/C31H40N6O3S/c1-16(2)12-23-28-26(10-11-32-23)41-30(36-28)27-19(5)34-31(33-18(4)20-8-6-17(3)7-9-20)37-29(27)35-22(25(40)15-38)13-21-14-24(21)39/h6-11,16,18,21-22,24-25,38-40H,12-15H2,1-5H3,(H2,33,34,35,37). The highest BCUT2D eigenvalue weighted by molar-refractivity contribution is 7.21. The summed E-state index contributed by atoms with van der Waals surface area (Å²) in [6.45, 7) is 9.99. The molecule has 0 radical (unpaired) electrons. The topological polar surface area (TPSA) is 136 Å². The molecule has 1 aromatic carbocycles. The van der Waals surface area contributed by atoms with Gasteiger partial charge in [-0.15, -0.1) is 11.3 Å². The zero-order valence-electron chi connectivity index (χ0n) is 24.3. The highest BCUT2D eigenvalue weighted by atomic mass is 32.1. The molecule has 0 saturated heterocycles. The number of anilines is 2. The number of pyridine rings is 1. The summed E-state index contributed by atoms with van der Waals surface area (Å²) in [5.41, 5.74) is 5.65. The van der Waals surface area contributed by atoms with Gasteiger partial charge in [-0.1, -0.05) is 43.7 Å². The number of hydrogen-bond donors (Lipinski definition) is 5. The molecule has 0 bridgehead atoms. The summed E-state index contributed by atoms with van der Waals surface area (Å²) in [6.07, 6.45) is 2.46. The fraction of sp³-hybridized carbons (Fsp3) is 0.484. The minimum atomic E-state index is -1.02. The molecule has 5 N–H and O–H groups in total. The Kier molecular flexibility index (Phi) is 8.84. The van der Waals surface area contributed by atoms with Crippen molar-refractivity contribution in [1.29, 1.82) is 0 Å². The minimum Gasteiger partial charge on any atom is -0.394 e. The molecule has 4 aromatic rings. The van der Waals surface area contributed by atoms with E-state index < -0.39 is 18.8 Å². The van der Waals surface area contributed by atoms with E-state index in [1.807, 2.05) is 19.2 Å². The number of rotatable bonds is 12. The molecule has 5 atom stereocenters. The molecular formula is C31H40N6O3S. The summed E-state index contributed by atoms with van der Waals surface area (Å²) < 4.78 is 1.04. The zero-order valence-corrected chi connectivity index (χ0v) is 25.1. The van der Waals surface area contributed by atoms with Crippen LogP contribution in [0, 0.1) is 25.7 Å². The van der Waals surface area contributed by atoms with E-state index in [0.717, 1.165) is 44.2 Å². The first kappa shape index (κ1) is 29.3. The maximum absolute atomic E-state index is 10.7. The highest BCUT2D eigenvalue weighted by Crippen LogP contribution is 2.39. The molecule has 5 unspecified atom stereocenters. The lowest BCUT2D eigenvalue weighted by molar-refractivity contribution is 0.0743. The van der Waals surface area contributed by atoms with Gasteiger partial charge in [0.1, 0.15) is 16.3 Å². The monoisotopic (exact) mass is 576 g/mol. The van der Waals surface area contributed by atoms with Gasteiger partial charge in [0.2, 0.25) is 5.95 Å². The van der Waals surface area contributed by atoms with E-state index in [2.05, 4.69) is 67.6 Å². The van der Waals surface area contributed by atoms with Crippen LogP contribution in [0.1, 0.15) is 62.2 Å². The SMILES string of the molecule is Cc1ccc(C(C)Nc2nc(C)c(-c3nc4c(CC(C)C)nccc4s3)c(NC(CC3CC3O)C(O)CO)n2)cc1. The molecule has 10 heteroatoms. The van der Waals surface area contributed by atoms with Crippen LogP contribution in [-0.4, -0.2) is 60.1 Å². The van der Waals surface area contributed by atoms with E-state index in [1.165, 1.54) is 5.56 Å². The van der Waals surface area contributed by atoms with E-state index in [-0.39, 0.29) is 18.1 Å². The lowest BCUT2D eigenvalue weighted by Gasteiger charge is -2.25. The number of hydrogen-bond acceptors (Lipinski definition) is 10. The lowest BCUT2D eigenvalue weighted by atomic mass is 10.0. The third-order valence-electron chi connectivity index (χ3n) is 7.63. The quantitative estimate of drug-likeness (QED) is 0.157. The van der Waals surface area contributed by atoms with Crippen molar-refractivity contribution in [3.8, 4) is 10.6 Å². The van der Waals surface area contributed by atoms with Gasteiger partial charge in [0, 0.05) is 6.20 Å². The van der Waals surface area contributed by atoms with Crippen LogP contribution in [0.3, 0.4) is 0 Å². The van der Waals surface area contributed by atoms with Crippen LogP contribution in [-0.2, 0) is 6.42 Å². The summed E-state index contributed by atoms with van der Waals surface area (Å²) in [5, 5.41) is 38.1. The molecule has 0 spiro atoms. The van der Waals surface area contributed by atoms with E-state index in [4.69, 9.17) is 15.0 Å². The average Bonchev–Trinajstić information content (AvgIpc) is 3.44. The first-order chi connectivity index (χ1) is 19.6. The summed E-state index contributed by atoms with van der Waals surface area (Å²) >= 11 is 1.56. The Morgan fingerprint density at radius 3 is 2.41 bits per heavy atom. The molecule has 3 aromatic heterocycles. The number of aliphatic hydroxyl groups is 3. The van der Waals surface area contributed by atoms with Crippen molar-refractivity contribution < 1.29 is 15.3 Å². The second-order valence-corrected chi connectivity index (χ2v) is 12.7. The fourth-order valence-corrected chi connectivity index (χ4v) is 6.19. The van der Waals surface area contributed by atoms with Crippen molar-refractivity contribution in [2.75, 3.05) is 17.2 Å². The van der Waals surface area contributed by atoms with Crippen LogP contribution in [0.15, 0.2) is 36.5 Å². The normalized spacial score (nSPS) is 18.9. The molecule has 41 heavy (non-hydrogen) atoms. The number of nitrogens with one attached hydrogen (secondary N) is 2. The average molecular weight is 577 g/mol. The predicted molar refractivity (Wildman–Crippen MR) is 164 cm³/mol. The second kappa shape index (κ2) is 12.4. The number of aliphatic hydroxyl groups excluding tert-OH is 3. The summed E-state index contributed by atoms with van der Waals surface area (Å²) in [6, 6.07) is 9.77. The second-order valence-electron chi connectivity index (χ2n) is 11.7. The maximum atomic E-state index is 10.7. The Morgan fingerprint density at radius 2 is 1.76 bits per heavy atom. The third kappa shape index (κ3) is 6.83. The molecular weight excluding hydrogens is 536 g/mol. The van der Waals surface area contributed by atoms with Crippen LogP contribution in [0.5, 0.6) is 0 Å². The lowest BCUT2D eigenvalue weighted by Crippen LogP contribution is -2.37. The van der Waals surface area contributed by atoms with Gasteiger partial charge in [0.05, 0.1) is 52.5 Å². The van der Waals surface area contributed by atoms with Gasteiger partial charge in [-0.25, -0.2) is 9.97 Å². The molecule has 1 aliphatic carbocycles. The number of nitrogens with zero attached hydrogens (tertiary/aromatic N) is 4. The zero-order chi connectivity index (χ0) is 29.3. The van der Waals surface area contributed by atoms with E-state index >= 15 is 0 Å². The number of benzene rings is 1. The Labute approximate surface area is 245 Å². The van der Waals surface area contributed by atoms with Crippen LogP contribution in [0.4, 0.5) is 11.8 Å². The molecule has 3 heterocycles. The first-order valence-corrected chi connectivity index (χ1v) is 15.1. The van der Waals surface area contributed by atoms with Gasteiger partial charge in [-0.2, -0.15) is 4.98 Å². The fourth-order valence-electron chi connectivity index (χ4n) is 5.11. The molecule has 1 fully saturated rings. The molecule has 0 aliphatic heterocycles. The Balaban J connectivity index is 1.55. The molecule has 0 amide bonds. The number of aromatic nitrogens is 4. The maximum Gasteiger partial charge on any atom is 0.225 e. The van der Waals surface area contributed by atoms with E-state index in [1.54, 1.807) is 11.3 Å². The van der Waals surface area contributed by atoms with Crippen LogP contribution in [0.25, 0.3) is 20.8 Å². The van der Waals surface area contributed by atoms with Crippen molar-refractivity contribution in [3.63, 3.8) is 0 Å². The van der Waals surface area contributed by atoms with Crippen LogP contribution >= 0.6 is 11.3 Å². The Bertz CT molecular complexity index is 1490. The van der Waals surface area contributed by atoms with Gasteiger partial charge >= 0.3 is 0 Å². The summed E-state index contributed by atoms with van der Waals surface area (Å²) in [5.74, 6) is 1.50. The van der Waals surface area contributed by atoms with Crippen molar-refractivity contribution in [2.24, 2.45) is 11.8 Å². The first-order valence-electron chi connectivity index (χ1n) is 14.3. The van der Waals surface area contributed by atoms with Crippen LogP contribution < -0.4 is 10.6 Å². The largest absolute Gasteiger partial charge is 0.394 e. The van der Waals surface area contributed by atoms with Gasteiger partial charge in [0.15, 0.2) is 0 Å². The Hall–Kier alpha value is -3.18. The summed E-state index contributed by atoms with van der Waals surface area (Å²) in [7, 11) is 0. The molecule has 1 aliphatic rings. The summed E-state index contributed by atoms with van der Waals surface area (Å²) in [4.78, 5) is 19.4. The number of thiazole rings is 1. The number of fused-ring (bicyclic) bond motifs is 1. The molecule has 1 saturated carbocycles. The number of aryl methyl sites for hydroxylation is 2. The Morgan fingerprint density at radius 1 is 1.02 bits per heavy atom. The molecule has 218 valence electrons. The van der Waals surface area contributed by atoms with Gasteiger partial charge < -0.3 is 26.0 Å².